The summed E-state index contributed by atoms with van der Waals surface area (Å²) in [6.07, 6.45) is 0. The van der Waals surface area contributed by atoms with Gasteiger partial charge < -0.3 is 16.8 Å². The maximum Gasteiger partial charge on any atom is 0.250 e. The Morgan fingerprint density at radius 3 is 2.28 bits per heavy atom. The van der Waals surface area contributed by atoms with E-state index in [4.69, 9.17) is 11.5 Å². The molecule has 0 fully saturated rings. The number of nitrogens with two attached hydrogens (primary N) is 2. The molecule has 98 valence electrons. The Bertz CT molecular complexity index is 464. The molecule has 1 atom stereocenters. The summed E-state index contributed by atoms with van der Waals surface area (Å²) in [6.45, 7) is 5.62. The smallest absolute Gasteiger partial charge is 0.250 e. The quantitative estimate of drug-likeness (QED) is 0.748. The van der Waals surface area contributed by atoms with Gasteiger partial charge in [0, 0.05) is 0 Å². The van der Waals surface area contributed by atoms with E-state index in [0.717, 1.165) is 0 Å². The van der Waals surface area contributed by atoms with Gasteiger partial charge in [-0.1, -0.05) is 32.9 Å². The molecule has 0 saturated heterocycles. The molecule has 1 aromatic carbocycles. The van der Waals surface area contributed by atoms with Gasteiger partial charge in [-0.05, 0) is 17.5 Å². The molecule has 0 aromatic heterocycles. The predicted octanol–water partition coefficient (Wildman–Crippen LogP) is 1.10. The second-order valence-electron chi connectivity index (χ2n) is 5.24. The van der Waals surface area contributed by atoms with Crippen LogP contribution in [-0.4, -0.2) is 17.9 Å². The second-order valence-corrected chi connectivity index (χ2v) is 5.24. The molecule has 18 heavy (non-hydrogen) atoms. The third-order valence-electron chi connectivity index (χ3n) is 2.67. The molecule has 1 unspecified atom stereocenters. The van der Waals surface area contributed by atoms with Crippen molar-refractivity contribution in [3.63, 3.8) is 0 Å². The highest BCUT2D eigenvalue weighted by Gasteiger charge is 2.27. The van der Waals surface area contributed by atoms with Crippen LogP contribution in [0.5, 0.6) is 0 Å². The number of nitrogens with one attached hydrogen (secondary N) is 1. The van der Waals surface area contributed by atoms with Crippen LogP contribution in [0, 0.1) is 5.41 Å². The zero-order valence-electron chi connectivity index (χ0n) is 10.9. The number of primary amides is 1. The van der Waals surface area contributed by atoms with E-state index >= 15 is 0 Å². The minimum Gasteiger partial charge on any atom is -0.366 e. The molecule has 0 heterocycles. The maximum atomic E-state index is 11.9. The number of hydrogen-bond acceptors (Lipinski definition) is 3. The van der Waals surface area contributed by atoms with Crippen LogP contribution < -0.4 is 16.8 Å². The lowest BCUT2D eigenvalue weighted by atomic mass is 9.87. The van der Waals surface area contributed by atoms with E-state index < -0.39 is 11.9 Å². The van der Waals surface area contributed by atoms with E-state index in [9.17, 15) is 9.59 Å². The summed E-state index contributed by atoms with van der Waals surface area (Å²) in [6, 6.07) is 5.90. The van der Waals surface area contributed by atoms with Crippen LogP contribution in [0.25, 0.3) is 0 Å². The van der Waals surface area contributed by atoms with Crippen molar-refractivity contribution >= 4 is 17.5 Å². The monoisotopic (exact) mass is 249 g/mol. The van der Waals surface area contributed by atoms with E-state index in [1.165, 1.54) is 0 Å². The molecule has 2 amide bonds. The van der Waals surface area contributed by atoms with E-state index in [0.29, 0.717) is 5.69 Å². The van der Waals surface area contributed by atoms with Crippen molar-refractivity contribution in [2.75, 3.05) is 5.32 Å². The Balaban J connectivity index is 2.92. The standard InChI is InChI=1S/C13H19N3O2/c1-13(2,3)10(14)12(18)16-9-7-5-4-6-8(9)11(15)17/h4-7,10H,14H2,1-3H3,(H2,15,17)(H,16,18). The van der Waals surface area contributed by atoms with Gasteiger partial charge in [-0.15, -0.1) is 0 Å². The number of para-hydroxylation sites is 1. The summed E-state index contributed by atoms with van der Waals surface area (Å²) in [5.74, 6) is -0.925. The van der Waals surface area contributed by atoms with Gasteiger partial charge in [-0.2, -0.15) is 0 Å². The zero-order valence-corrected chi connectivity index (χ0v) is 10.9. The van der Waals surface area contributed by atoms with E-state index in [2.05, 4.69) is 5.32 Å². The molecule has 0 aliphatic carbocycles. The number of carbonyl (C=O) groups excluding carboxylic acids is 2. The Morgan fingerprint density at radius 1 is 1.22 bits per heavy atom. The Hall–Kier alpha value is -1.88. The van der Waals surface area contributed by atoms with Crippen molar-refractivity contribution in [2.45, 2.75) is 26.8 Å². The molecule has 1 rings (SSSR count). The number of carbonyl (C=O) groups is 2. The van der Waals surface area contributed by atoms with Gasteiger partial charge in [-0.3, -0.25) is 9.59 Å². The van der Waals surface area contributed by atoms with Gasteiger partial charge in [-0.25, -0.2) is 0 Å². The molecule has 1 aromatic rings. The topological polar surface area (TPSA) is 98.2 Å². The van der Waals surface area contributed by atoms with Crippen molar-refractivity contribution < 1.29 is 9.59 Å². The van der Waals surface area contributed by atoms with Gasteiger partial charge >= 0.3 is 0 Å². The fourth-order valence-corrected chi connectivity index (χ4v) is 1.41. The highest BCUT2D eigenvalue weighted by Crippen LogP contribution is 2.20. The third kappa shape index (κ3) is 3.30. The summed E-state index contributed by atoms with van der Waals surface area (Å²) in [4.78, 5) is 23.2. The molecule has 0 aliphatic heterocycles. The van der Waals surface area contributed by atoms with Gasteiger partial charge in [0.2, 0.25) is 5.91 Å². The summed E-state index contributed by atoms with van der Waals surface area (Å²) in [5.41, 5.74) is 11.4. The van der Waals surface area contributed by atoms with E-state index in [-0.39, 0.29) is 16.9 Å². The number of hydrogen-bond donors (Lipinski definition) is 3. The molecular weight excluding hydrogens is 230 g/mol. The van der Waals surface area contributed by atoms with Gasteiger partial charge in [0.15, 0.2) is 0 Å². The molecule has 0 aliphatic rings. The number of amides is 2. The largest absolute Gasteiger partial charge is 0.366 e. The fraction of sp³-hybridized carbons (Fsp3) is 0.385. The number of benzene rings is 1. The summed E-state index contributed by atoms with van der Waals surface area (Å²) >= 11 is 0. The first-order valence-electron chi connectivity index (χ1n) is 5.68. The summed E-state index contributed by atoms with van der Waals surface area (Å²) < 4.78 is 0. The van der Waals surface area contributed by atoms with Crippen LogP contribution >= 0.6 is 0 Å². The lowest BCUT2D eigenvalue weighted by molar-refractivity contribution is -0.119. The minimum atomic E-state index is -0.668. The normalized spacial score (nSPS) is 12.9. The molecule has 0 bridgehead atoms. The van der Waals surface area contributed by atoms with Crippen molar-refractivity contribution in [1.29, 1.82) is 0 Å². The van der Waals surface area contributed by atoms with Gasteiger partial charge in [0.1, 0.15) is 0 Å². The van der Waals surface area contributed by atoms with E-state index in [1.54, 1.807) is 24.3 Å². The van der Waals surface area contributed by atoms with Crippen molar-refractivity contribution in [3.8, 4) is 0 Å². The maximum absolute atomic E-state index is 11.9. The Kier molecular flexibility index (Phi) is 4.08. The first-order chi connectivity index (χ1) is 8.23. The van der Waals surface area contributed by atoms with Crippen molar-refractivity contribution in [3.05, 3.63) is 29.8 Å². The molecule has 5 N–H and O–H groups in total. The number of rotatable bonds is 3. The molecule has 0 spiro atoms. The SMILES string of the molecule is CC(C)(C)C(N)C(=O)Nc1ccccc1C(N)=O. The highest BCUT2D eigenvalue weighted by molar-refractivity contribution is 6.04. The van der Waals surface area contributed by atoms with Crippen LogP contribution in [-0.2, 0) is 4.79 Å². The Morgan fingerprint density at radius 2 is 1.78 bits per heavy atom. The highest BCUT2D eigenvalue weighted by atomic mass is 16.2. The molecular formula is C13H19N3O2. The fourth-order valence-electron chi connectivity index (χ4n) is 1.41. The molecule has 0 saturated carbocycles. The predicted molar refractivity (Wildman–Crippen MR) is 71.0 cm³/mol. The first kappa shape index (κ1) is 14.2. The van der Waals surface area contributed by atoms with Gasteiger partial charge in [0.05, 0.1) is 17.3 Å². The van der Waals surface area contributed by atoms with Crippen LogP contribution in [0.3, 0.4) is 0 Å². The van der Waals surface area contributed by atoms with Crippen LogP contribution in [0.15, 0.2) is 24.3 Å². The van der Waals surface area contributed by atoms with Crippen LogP contribution in [0.2, 0.25) is 0 Å². The second kappa shape index (κ2) is 5.18. The van der Waals surface area contributed by atoms with Crippen molar-refractivity contribution in [2.24, 2.45) is 16.9 Å². The average Bonchev–Trinajstić information content (AvgIpc) is 2.27. The summed E-state index contributed by atoms with van der Waals surface area (Å²) in [7, 11) is 0. The lowest BCUT2D eigenvalue weighted by Gasteiger charge is -2.26. The lowest BCUT2D eigenvalue weighted by Crippen LogP contribution is -2.45. The third-order valence-corrected chi connectivity index (χ3v) is 2.67. The Labute approximate surface area is 107 Å². The first-order valence-corrected chi connectivity index (χ1v) is 5.68. The molecule has 5 heteroatoms. The number of anilines is 1. The zero-order chi connectivity index (χ0) is 13.9. The molecule has 5 nitrogen and oxygen atoms in total. The van der Waals surface area contributed by atoms with Crippen molar-refractivity contribution in [1.82, 2.24) is 0 Å². The van der Waals surface area contributed by atoms with Crippen LogP contribution in [0.1, 0.15) is 31.1 Å². The molecule has 0 radical (unpaired) electrons. The van der Waals surface area contributed by atoms with Gasteiger partial charge in [0.25, 0.3) is 5.91 Å². The summed E-state index contributed by atoms with van der Waals surface area (Å²) in [5, 5.41) is 2.63. The van der Waals surface area contributed by atoms with E-state index in [1.807, 2.05) is 20.8 Å². The minimum absolute atomic E-state index is 0.270. The average molecular weight is 249 g/mol. The van der Waals surface area contributed by atoms with Crippen LogP contribution in [0.4, 0.5) is 5.69 Å².